The standard InChI is InChI=1S/C19H17N3O4S/c1-11(17(23)20-12-7-8-15-16(9-12)26-10-25-15)27-19-21-14-6-4-3-5-13(14)18(24)22(19)2/h3-9,11H,10H2,1-2H3,(H,20,23). The molecule has 27 heavy (non-hydrogen) atoms. The molecule has 1 aromatic heterocycles. The molecule has 2 aromatic carbocycles. The van der Waals surface area contributed by atoms with Crippen molar-refractivity contribution in [1.82, 2.24) is 9.55 Å². The van der Waals surface area contributed by atoms with Gasteiger partial charge >= 0.3 is 0 Å². The van der Waals surface area contributed by atoms with Crippen LogP contribution >= 0.6 is 11.8 Å². The van der Waals surface area contributed by atoms with Gasteiger partial charge in [-0.05, 0) is 31.2 Å². The number of nitrogens with zero attached hydrogens (tertiary/aromatic N) is 2. The highest BCUT2D eigenvalue weighted by Crippen LogP contribution is 2.34. The maximum atomic E-state index is 12.6. The van der Waals surface area contributed by atoms with Gasteiger partial charge in [-0.15, -0.1) is 0 Å². The van der Waals surface area contributed by atoms with E-state index >= 15 is 0 Å². The molecule has 0 aliphatic carbocycles. The Labute approximate surface area is 159 Å². The fourth-order valence-electron chi connectivity index (χ4n) is 2.73. The van der Waals surface area contributed by atoms with Crippen LogP contribution < -0.4 is 20.3 Å². The maximum Gasteiger partial charge on any atom is 0.261 e. The first kappa shape index (κ1) is 17.4. The predicted octanol–water partition coefficient (Wildman–Crippen LogP) is 2.78. The molecule has 138 valence electrons. The van der Waals surface area contributed by atoms with Crippen LogP contribution in [0.5, 0.6) is 11.5 Å². The molecule has 1 unspecified atom stereocenters. The van der Waals surface area contributed by atoms with E-state index in [0.717, 1.165) is 0 Å². The molecule has 4 rings (SSSR count). The number of fused-ring (bicyclic) bond motifs is 2. The van der Waals surface area contributed by atoms with Crippen molar-refractivity contribution in [2.75, 3.05) is 12.1 Å². The Morgan fingerprint density at radius 2 is 2.00 bits per heavy atom. The van der Waals surface area contributed by atoms with Crippen molar-refractivity contribution in [3.63, 3.8) is 0 Å². The molecule has 0 saturated heterocycles. The smallest absolute Gasteiger partial charge is 0.261 e. The van der Waals surface area contributed by atoms with Crippen molar-refractivity contribution >= 4 is 34.3 Å². The van der Waals surface area contributed by atoms with Gasteiger partial charge in [-0.1, -0.05) is 23.9 Å². The van der Waals surface area contributed by atoms with Gasteiger partial charge in [0.2, 0.25) is 12.7 Å². The van der Waals surface area contributed by atoms with Gasteiger partial charge in [-0.2, -0.15) is 0 Å². The predicted molar refractivity (Wildman–Crippen MR) is 103 cm³/mol. The number of thioether (sulfide) groups is 1. The van der Waals surface area contributed by atoms with Crippen LogP contribution in [0.1, 0.15) is 6.92 Å². The number of anilines is 1. The molecule has 1 aliphatic rings. The molecule has 1 atom stereocenters. The van der Waals surface area contributed by atoms with Crippen LogP contribution in [0.15, 0.2) is 52.4 Å². The highest BCUT2D eigenvalue weighted by Gasteiger charge is 2.20. The molecular formula is C19H17N3O4S. The number of para-hydroxylation sites is 1. The number of ether oxygens (including phenoxy) is 2. The lowest BCUT2D eigenvalue weighted by Gasteiger charge is -2.14. The van der Waals surface area contributed by atoms with E-state index in [2.05, 4.69) is 10.3 Å². The Bertz CT molecular complexity index is 1100. The van der Waals surface area contributed by atoms with E-state index in [0.29, 0.717) is 33.2 Å². The van der Waals surface area contributed by atoms with Crippen LogP contribution in [0, 0.1) is 0 Å². The van der Waals surface area contributed by atoms with Crippen LogP contribution in [0.3, 0.4) is 0 Å². The topological polar surface area (TPSA) is 82.5 Å². The van der Waals surface area contributed by atoms with Gasteiger partial charge in [0, 0.05) is 18.8 Å². The van der Waals surface area contributed by atoms with Gasteiger partial charge < -0.3 is 14.8 Å². The number of nitrogens with one attached hydrogen (secondary N) is 1. The third-order valence-electron chi connectivity index (χ3n) is 4.23. The molecule has 0 radical (unpaired) electrons. The molecule has 8 heteroatoms. The summed E-state index contributed by atoms with van der Waals surface area (Å²) in [6.07, 6.45) is 0. The maximum absolute atomic E-state index is 12.6. The summed E-state index contributed by atoms with van der Waals surface area (Å²) in [7, 11) is 1.66. The van der Waals surface area contributed by atoms with Gasteiger partial charge in [-0.3, -0.25) is 14.2 Å². The highest BCUT2D eigenvalue weighted by molar-refractivity contribution is 8.00. The fourth-order valence-corrected chi connectivity index (χ4v) is 3.61. The van der Waals surface area contributed by atoms with Crippen molar-refractivity contribution in [1.29, 1.82) is 0 Å². The number of carbonyl (C=O) groups is 1. The molecule has 7 nitrogen and oxygen atoms in total. The minimum atomic E-state index is -0.449. The number of amides is 1. The lowest BCUT2D eigenvalue weighted by molar-refractivity contribution is -0.115. The summed E-state index contributed by atoms with van der Waals surface area (Å²) in [5.74, 6) is 1.07. The summed E-state index contributed by atoms with van der Waals surface area (Å²) < 4.78 is 12.1. The summed E-state index contributed by atoms with van der Waals surface area (Å²) in [4.78, 5) is 29.6. The van der Waals surface area contributed by atoms with E-state index in [1.807, 2.05) is 6.07 Å². The second-order valence-electron chi connectivity index (χ2n) is 6.09. The van der Waals surface area contributed by atoms with Gasteiger partial charge in [0.05, 0.1) is 16.2 Å². The number of aromatic nitrogens is 2. The van der Waals surface area contributed by atoms with E-state index < -0.39 is 5.25 Å². The van der Waals surface area contributed by atoms with Gasteiger partial charge in [-0.25, -0.2) is 4.98 Å². The second-order valence-corrected chi connectivity index (χ2v) is 7.40. The Kier molecular flexibility index (Phi) is 4.49. The Hall–Kier alpha value is -3.00. The zero-order valence-corrected chi connectivity index (χ0v) is 15.6. The molecule has 1 amide bonds. The van der Waals surface area contributed by atoms with Crippen molar-refractivity contribution < 1.29 is 14.3 Å². The van der Waals surface area contributed by atoms with Crippen LogP contribution in [-0.2, 0) is 11.8 Å². The molecule has 1 aliphatic heterocycles. The lowest BCUT2D eigenvalue weighted by Crippen LogP contribution is -2.25. The number of hydrogen-bond acceptors (Lipinski definition) is 6. The van der Waals surface area contributed by atoms with Crippen LogP contribution in [0.25, 0.3) is 10.9 Å². The van der Waals surface area contributed by atoms with Crippen molar-refractivity contribution in [3.05, 3.63) is 52.8 Å². The first-order valence-electron chi connectivity index (χ1n) is 8.36. The molecular weight excluding hydrogens is 366 g/mol. The van der Waals surface area contributed by atoms with E-state index in [1.165, 1.54) is 16.3 Å². The average molecular weight is 383 g/mol. The quantitative estimate of drug-likeness (QED) is 0.551. The average Bonchev–Trinajstić information content (AvgIpc) is 3.13. The number of benzene rings is 2. The van der Waals surface area contributed by atoms with Gasteiger partial charge in [0.15, 0.2) is 16.7 Å². The van der Waals surface area contributed by atoms with Crippen LogP contribution in [0.4, 0.5) is 5.69 Å². The third-order valence-corrected chi connectivity index (χ3v) is 5.38. The molecule has 0 spiro atoms. The monoisotopic (exact) mass is 383 g/mol. The van der Waals surface area contributed by atoms with Crippen molar-refractivity contribution in [3.8, 4) is 11.5 Å². The molecule has 0 saturated carbocycles. The molecule has 1 N–H and O–H groups in total. The molecule has 2 heterocycles. The number of carbonyl (C=O) groups excluding carboxylic acids is 1. The Morgan fingerprint density at radius 3 is 2.85 bits per heavy atom. The summed E-state index contributed by atoms with van der Waals surface area (Å²) >= 11 is 1.24. The molecule has 0 fully saturated rings. The van der Waals surface area contributed by atoms with E-state index in [4.69, 9.17) is 9.47 Å². The lowest BCUT2D eigenvalue weighted by atomic mass is 10.2. The molecule has 0 bridgehead atoms. The van der Waals surface area contributed by atoms with Crippen LogP contribution in [-0.4, -0.2) is 27.5 Å². The third kappa shape index (κ3) is 3.35. The van der Waals surface area contributed by atoms with Crippen molar-refractivity contribution in [2.45, 2.75) is 17.3 Å². The minimum absolute atomic E-state index is 0.133. The zero-order chi connectivity index (χ0) is 19.0. The summed E-state index contributed by atoms with van der Waals surface area (Å²) in [5, 5.41) is 3.45. The molecule has 3 aromatic rings. The fraction of sp³-hybridized carbons (Fsp3) is 0.211. The van der Waals surface area contributed by atoms with Gasteiger partial charge in [0.25, 0.3) is 5.56 Å². The summed E-state index contributed by atoms with van der Waals surface area (Å²) in [5.41, 5.74) is 1.11. The van der Waals surface area contributed by atoms with Crippen LogP contribution in [0.2, 0.25) is 0 Å². The van der Waals surface area contributed by atoms with Crippen molar-refractivity contribution in [2.24, 2.45) is 7.05 Å². The zero-order valence-electron chi connectivity index (χ0n) is 14.8. The highest BCUT2D eigenvalue weighted by atomic mass is 32.2. The first-order chi connectivity index (χ1) is 13.0. The second kappa shape index (κ2) is 6.96. The van der Waals surface area contributed by atoms with E-state index in [-0.39, 0.29) is 18.3 Å². The summed E-state index contributed by atoms with van der Waals surface area (Å²) in [6, 6.07) is 12.4. The van der Waals surface area contributed by atoms with E-state index in [9.17, 15) is 9.59 Å². The number of rotatable bonds is 4. The Morgan fingerprint density at radius 1 is 1.22 bits per heavy atom. The normalized spacial score (nSPS) is 13.6. The van der Waals surface area contributed by atoms with Gasteiger partial charge in [0.1, 0.15) is 0 Å². The van der Waals surface area contributed by atoms with E-state index in [1.54, 1.807) is 50.4 Å². The Balaban J connectivity index is 1.52. The minimum Gasteiger partial charge on any atom is -0.454 e. The summed E-state index contributed by atoms with van der Waals surface area (Å²) in [6.45, 7) is 1.95. The number of hydrogen-bond donors (Lipinski definition) is 1. The first-order valence-corrected chi connectivity index (χ1v) is 9.24. The SMILES string of the molecule is CC(Sc1nc2ccccc2c(=O)n1C)C(=O)Nc1ccc2c(c1)OCO2. The largest absolute Gasteiger partial charge is 0.454 e.